The summed E-state index contributed by atoms with van der Waals surface area (Å²) in [6.45, 7) is 3.70. The van der Waals surface area contributed by atoms with Crippen molar-refractivity contribution in [3.05, 3.63) is 35.9 Å². The molecule has 0 fully saturated rings. The monoisotopic (exact) mass is 549 g/mol. The van der Waals surface area contributed by atoms with Crippen molar-refractivity contribution >= 4 is 35.6 Å². The van der Waals surface area contributed by atoms with Gasteiger partial charge in [0.25, 0.3) is 0 Å². The Bertz CT molecular complexity index is 1010. The van der Waals surface area contributed by atoms with Gasteiger partial charge in [0.15, 0.2) is 5.96 Å². The van der Waals surface area contributed by atoms with Crippen LogP contribution in [0.15, 0.2) is 35.3 Å². The molecule has 0 saturated heterocycles. The summed E-state index contributed by atoms with van der Waals surface area (Å²) in [7, 11) is 0. The lowest BCUT2D eigenvalue weighted by Crippen LogP contribution is -2.57. The van der Waals surface area contributed by atoms with Gasteiger partial charge in [0.2, 0.25) is 17.7 Å². The molecule has 0 saturated carbocycles. The Morgan fingerprint density at radius 1 is 0.872 bits per heavy atom. The number of benzene rings is 1. The molecule has 0 aromatic heterocycles. The van der Waals surface area contributed by atoms with E-state index in [1.807, 2.05) is 0 Å². The van der Waals surface area contributed by atoms with Gasteiger partial charge in [-0.3, -0.25) is 24.2 Å². The fraction of sp³-hybridized carbons (Fsp3) is 0.520. The number of guanidine groups is 1. The summed E-state index contributed by atoms with van der Waals surface area (Å²) in [5.41, 5.74) is 17.3. The minimum absolute atomic E-state index is 0.00360. The molecule has 0 spiro atoms. The Balaban J connectivity index is 3.03. The highest BCUT2D eigenvalue weighted by Gasteiger charge is 2.31. The van der Waals surface area contributed by atoms with Gasteiger partial charge in [0, 0.05) is 6.54 Å². The van der Waals surface area contributed by atoms with Crippen molar-refractivity contribution in [1.29, 1.82) is 0 Å². The molecule has 0 aliphatic heterocycles. The summed E-state index contributed by atoms with van der Waals surface area (Å²) in [5.74, 6) is -5.32. The maximum absolute atomic E-state index is 13.1. The molecule has 11 N–H and O–H groups in total. The van der Waals surface area contributed by atoms with Gasteiger partial charge in [0.05, 0.1) is 12.5 Å². The van der Waals surface area contributed by atoms with Gasteiger partial charge < -0.3 is 43.4 Å². The zero-order valence-electron chi connectivity index (χ0n) is 22.1. The van der Waals surface area contributed by atoms with Crippen molar-refractivity contribution in [2.45, 2.75) is 70.1 Å². The molecule has 14 heteroatoms. The van der Waals surface area contributed by atoms with Gasteiger partial charge in [-0.15, -0.1) is 0 Å². The third kappa shape index (κ3) is 13.2. The van der Waals surface area contributed by atoms with Crippen LogP contribution >= 0.6 is 0 Å². The molecular weight excluding hydrogens is 510 g/mol. The number of hydrogen-bond acceptors (Lipinski definition) is 7. The normalized spacial score (nSPS) is 13.8. The zero-order valence-corrected chi connectivity index (χ0v) is 22.1. The van der Waals surface area contributed by atoms with Crippen LogP contribution in [-0.4, -0.2) is 76.5 Å². The number of carboxylic acids is 2. The van der Waals surface area contributed by atoms with Crippen LogP contribution in [0.1, 0.15) is 45.1 Å². The molecule has 0 bridgehead atoms. The fourth-order valence-electron chi connectivity index (χ4n) is 3.63. The van der Waals surface area contributed by atoms with E-state index >= 15 is 0 Å². The first-order chi connectivity index (χ1) is 18.3. The molecule has 3 amide bonds. The molecule has 4 unspecified atom stereocenters. The maximum Gasteiger partial charge on any atom is 0.326 e. The summed E-state index contributed by atoms with van der Waals surface area (Å²) in [5, 5.41) is 26.0. The third-order valence-corrected chi connectivity index (χ3v) is 5.55. The number of carboxylic acid groups (broad SMARTS) is 2. The lowest BCUT2D eigenvalue weighted by atomic mass is 10.0. The topological polar surface area (TPSA) is 252 Å². The van der Waals surface area contributed by atoms with E-state index in [0.717, 1.165) is 5.56 Å². The van der Waals surface area contributed by atoms with Crippen molar-refractivity contribution in [3.8, 4) is 0 Å². The van der Waals surface area contributed by atoms with Gasteiger partial charge >= 0.3 is 11.9 Å². The van der Waals surface area contributed by atoms with Gasteiger partial charge in [0.1, 0.15) is 18.1 Å². The SMILES string of the molecule is CC(C)CC(NC(=O)C(CCCN=C(N)N)NC(=O)C(CC(=O)O)NC(=O)C(N)Cc1ccccc1)C(=O)O. The summed E-state index contributed by atoms with van der Waals surface area (Å²) >= 11 is 0. The third-order valence-electron chi connectivity index (χ3n) is 5.55. The number of rotatable bonds is 17. The average molecular weight is 550 g/mol. The number of nitrogens with two attached hydrogens (primary N) is 3. The van der Waals surface area contributed by atoms with E-state index in [9.17, 15) is 34.2 Å². The Hall–Kier alpha value is -4.20. The van der Waals surface area contributed by atoms with Crippen molar-refractivity contribution in [3.63, 3.8) is 0 Å². The molecule has 0 aliphatic carbocycles. The molecule has 4 atom stereocenters. The lowest BCUT2D eigenvalue weighted by molar-refractivity contribution is -0.143. The van der Waals surface area contributed by atoms with E-state index in [2.05, 4.69) is 20.9 Å². The molecule has 0 aliphatic rings. The number of hydrogen-bond donors (Lipinski definition) is 8. The minimum atomic E-state index is -1.55. The number of amides is 3. The zero-order chi connectivity index (χ0) is 29.5. The van der Waals surface area contributed by atoms with Gasteiger partial charge in [-0.05, 0) is 37.2 Å². The first-order valence-corrected chi connectivity index (χ1v) is 12.5. The predicted molar refractivity (Wildman–Crippen MR) is 143 cm³/mol. The van der Waals surface area contributed by atoms with Crippen molar-refractivity contribution < 1.29 is 34.2 Å². The highest BCUT2D eigenvalue weighted by Crippen LogP contribution is 2.08. The van der Waals surface area contributed by atoms with Gasteiger partial charge in [-0.1, -0.05) is 44.2 Å². The minimum Gasteiger partial charge on any atom is -0.481 e. The molecule has 1 rings (SSSR count). The number of nitrogens with one attached hydrogen (secondary N) is 3. The maximum atomic E-state index is 13.1. The Kier molecular flexibility index (Phi) is 14.0. The lowest BCUT2D eigenvalue weighted by Gasteiger charge is -2.25. The van der Waals surface area contributed by atoms with Crippen molar-refractivity contribution in [2.75, 3.05) is 6.54 Å². The van der Waals surface area contributed by atoms with Crippen LogP contribution in [0, 0.1) is 5.92 Å². The van der Waals surface area contributed by atoms with E-state index in [1.54, 1.807) is 44.2 Å². The van der Waals surface area contributed by atoms with E-state index in [0.29, 0.717) is 0 Å². The molecule has 14 nitrogen and oxygen atoms in total. The summed E-state index contributed by atoms with van der Waals surface area (Å²) < 4.78 is 0. The quantitative estimate of drug-likeness (QED) is 0.0645. The van der Waals surface area contributed by atoms with Crippen LogP contribution < -0.4 is 33.2 Å². The summed E-state index contributed by atoms with van der Waals surface area (Å²) in [6.07, 6.45) is -0.244. The second-order valence-corrected chi connectivity index (χ2v) is 9.49. The van der Waals surface area contributed by atoms with Crippen LogP contribution in [0.5, 0.6) is 0 Å². The molecular formula is C25H39N7O7. The first-order valence-electron chi connectivity index (χ1n) is 12.5. The largest absolute Gasteiger partial charge is 0.481 e. The number of aliphatic carboxylic acids is 2. The summed E-state index contributed by atoms with van der Waals surface area (Å²) in [6, 6.07) is 3.80. The summed E-state index contributed by atoms with van der Waals surface area (Å²) in [4.78, 5) is 65.6. The average Bonchev–Trinajstić information content (AvgIpc) is 2.84. The van der Waals surface area contributed by atoms with Crippen molar-refractivity contribution in [1.82, 2.24) is 16.0 Å². The number of carbonyl (C=O) groups is 5. The molecule has 1 aromatic rings. The van der Waals surface area contributed by atoms with E-state index in [-0.39, 0.29) is 44.1 Å². The number of nitrogens with zero attached hydrogens (tertiary/aromatic N) is 1. The van der Waals surface area contributed by atoms with E-state index in [4.69, 9.17) is 17.2 Å². The van der Waals surface area contributed by atoms with Crippen LogP contribution in [0.2, 0.25) is 0 Å². The molecule has 0 radical (unpaired) electrons. The molecule has 1 aromatic carbocycles. The first kappa shape index (κ1) is 32.8. The van der Waals surface area contributed by atoms with Crippen LogP contribution in [-0.2, 0) is 30.4 Å². The van der Waals surface area contributed by atoms with Gasteiger partial charge in [-0.25, -0.2) is 4.79 Å². The van der Waals surface area contributed by atoms with Crippen LogP contribution in [0.4, 0.5) is 0 Å². The molecule has 39 heavy (non-hydrogen) atoms. The number of aliphatic imine (C=N–C) groups is 1. The predicted octanol–water partition coefficient (Wildman–Crippen LogP) is -1.33. The Morgan fingerprint density at radius 2 is 1.44 bits per heavy atom. The second kappa shape index (κ2) is 16.6. The smallest absolute Gasteiger partial charge is 0.326 e. The van der Waals surface area contributed by atoms with E-state index in [1.165, 1.54) is 0 Å². The molecule has 0 heterocycles. The van der Waals surface area contributed by atoms with Crippen LogP contribution in [0.3, 0.4) is 0 Å². The van der Waals surface area contributed by atoms with Gasteiger partial charge in [-0.2, -0.15) is 0 Å². The molecule has 216 valence electrons. The van der Waals surface area contributed by atoms with Crippen LogP contribution in [0.25, 0.3) is 0 Å². The van der Waals surface area contributed by atoms with E-state index < -0.39 is 60.2 Å². The highest BCUT2D eigenvalue weighted by atomic mass is 16.4. The number of carbonyl (C=O) groups excluding carboxylic acids is 3. The standard InChI is InChI=1S/C25H39N7O7/c1-14(2)11-19(24(38)39)32-22(36)17(9-6-10-29-25(27)28)30-23(37)18(13-20(33)34)31-21(35)16(26)12-15-7-4-3-5-8-15/h3-5,7-8,14,16-19H,6,9-13,26H2,1-2H3,(H,30,37)(H,31,35)(H,32,36)(H,33,34)(H,38,39)(H4,27,28,29). The highest BCUT2D eigenvalue weighted by molar-refractivity contribution is 5.95. The van der Waals surface area contributed by atoms with Crippen molar-refractivity contribution in [2.24, 2.45) is 28.1 Å². The Morgan fingerprint density at radius 3 is 1.97 bits per heavy atom. The Labute approximate surface area is 226 Å². The second-order valence-electron chi connectivity index (χ2n) is 9.49. The fourth-order valence-corrected chi connectivity index (χ4v) is 3.63.